The molecule has 0 radical (unpaired) electrons. The Kier molecular flexibility index (Phi) is 16.1. The first-order valence-corrected chi connectivity index (χ1v) is 27.1. The molecule has 0 unspecified atom stereocenters. The lowest BCUT2D eigenvalue weighted by atomic mass is 9.87. The average Bonchev–Trinajstić information content (AvgIpc) is 3.87. The third-order valence-corrected chi connectivity index (χ3v) is 15.7. The Hall–Kier alpha value is -7.51. The number of phenols is 1. The van der Waals surface area contributed by atoms with Crippen LogP contribution in [0.1, 0.15) is 92.9 Å². The van der Waals surface area contributed by atoms with Gasteiger partial charge in [0, 0.05) is 93.0 Å². The number of hydrogen-bond donors (Lipinski definition) is 2. The maximum absolute atomic E-state index is 16.1. The first-order valence-electron chi connectivity index (χ1n) is 27.1. The second kappa shape index (κ2) is 23.4. The standard InChI is InChI=1S/C62H68FN7O7/c1-40(2)77-56-19-13-45(30-47(56)36-64)59-58(61(73)65-49-14-16-51(71)17-15-49)41(3)66(4)60(59)53-32-43-20-23-69(57(72)34-44-12-18-52(35-55(44)63)76-29-26-67-24-27-75-28-25-67)37-48(43)33-54(53)62(74)70-38-46-11-7-6-10-42(46)31-50(70)39-68-21-8-5-9-22-68/h6-7,10-19,30,32-33,35,40,50,71H,5,8-9,20-29,31,34,37-39H2,1-4H3,(H,65,73)/t50-/m0/s1. The average molecular weight is 1040 g/mol. The molecule has 0 saturated carbocycles. The van der Waals surface area contributed by atoms with Gasteiger partial charge >= 0.3 is 0 Å². The molecule has 15 heteroatoms. The Labute approximate surface area is 450 Å². The van der Waals surface area contributed by atoms with Gasteiger partial charge in [-0.1, -0.05) is 42.8 Å². The number of piperidine rings is 1. The van der Waals surface area contributed by atoms with Crippen molar-refractivity contribution in [2.24, 2.45) is 7.05 Å². The zero-order chi connectivity index (χ0) is 53.7. The van der Waals surface area contributed by atoms with E-state index in [1.807, 2.05) is 55.5 Å². The number of fused-ring (bicyclic) bond motifs is 2. The molecule has 0 aliphatic carbocycles. The van der Waals surface area contributed by atoms with E-state index in [9.17, 15) is 20.0 Å². The predicted octanol–water partition coefficient (Wildman–Crippen LogP) is 9.31. The van der Waals surface area contributed by atoms with Gasteiger partial charge in [0.05, 0.1) is 42.6 Å². The highest BCUT2D eigenvalue weighted by molar-refractivity contribution is 6.13. The van der Waals surface area contributed by atoms with E-state index >= 15 is 9.18 Å². The van der Waals surface area contributed by atoms with Crippen molar-refractivity contribution >= 4 is 23.4 Å². The number of carbonyl (C=O) groups is 3. The van der Waals surface area contributed by atoms with E-state index in [0.29, 0.717) is 109 Å². The van der Waals surface area contributed by atoms with Gasteiger partial charge in [-0.3, -0.25) is 19.3 Å². The molecule has 2 saturated heterocycles. The molecule has 2 fully saturated rings. The lowest BCUT2D eigenvalue weighted by Gasteiger charge is -2.41. The topological polar surface area (TPSA) is 153 Å². The number of rotatable bonds is 15. The van der Waals surface area contributed by atoms with Gasteiger partial charge in [-0.2, -0.15) is 5.26 Å². The fourth-order valence-corrected chi connectivity index (χ4v) is 11.5. The molecule has 400 valence electrons. The van der Waals surface area contributed by atoms with Crippen LogP contribution in [0.15, 0.2) is 97.1 Å². The van der Waals surface area contributed by atoms with E-state index in [1.54, 1.807) is 41.3 Å². The van der Waals surface area contributed by atoms with Gasteiger partial charge in [0.25, 0.3) is 11.8 Å². The van der Waals surface area contributed by atoms with Gasteiger partial charge in [-0.05, 0) is 148 Å². The van der Waals surface area contributed by atoms with Crippen molar-refractivity contribution in [1.82, 2.24) is 24.2 Å². The van der Waals surface area contributed by atoms with Crippen molar-refractivity contribution in [2.75, 3.05) is 71.0 Å². The maximum atomic E-state index is 16.1. The summed E-state index contributed by atoms with van der Waals surface area (Å²) >= 11 is 0. The van der Waals surface area contributed by atoms with Crippen molar-refractivity contribution in [1.29, 1.82) is 5.26 Å². The molecule has 2 N–H and O–H groups in total. The van der Waals surface area contributed by atoms with E-state index in [0.717, 1.165) is 62.3 Å². The van der Waals surface area contributed by atoms with Gasteiger partial charge in [0.1, 0.15) is 35.7 Å². The SMILES string of the molecule is Cc1c(C(=O)Nc2ccc(O)cc2)c(-c2ccc(OC(C)C)c(C#N)c2)c(-c2cc3c(cc2C(=O)N2Cc4ccccc4C[C@H]2CN2CCCCC2)CN(C(=O)Cc2ccc(OCCN4CCOCC4)cc2F)CC3)n1C. The molecule has 0 bridgehead atoms. The van der Waals surface area contributed by atoms with Gasteiger partial charge in [-0.15, -0.1) is 0 Å². The van der Waals surface area contributed by atoms with E-state index in [2.05, 4.69) is 45.5 Å². The molecular formula is C62H68FN7O7. The summed E-state index contributed by atoms with van der Waals surface area (Å²) in [4.78, 5) is 53.7. The smallest absolute Gasteiger partial charge is 0.258 e. The summed E-state index contributed by atoms with van der Waals surface area (Å²) in [7, 11) is 1.89. The number of phenolic OH excluding ortho intramolecular Hbond substituents is 1. The molecule has 1 atom stereocenters. The molecule has 4 aliphatic rings. The third kappa shape index (κ3) is 11.8. The molecule has 6 aromatic rings. The summed E-state index contributed by atoms with van der Waals surface area (Å²) in [6.07, 6.45) is 4.22. The quantitative estimate of drug-likeness (QED) is 0.0953. The molecule has 3 amide bonds. The van der Waals surface area contributed by atoms with Crippen LogP contribution >= 0.6 is 0 Å². The summed E-state index contributed by atoms with van der Waals surface area (Å²) in [6.45, 7) is 13.5. The van der Waals surface area contributed by atoms with Gasteiger partial charge in [0.2, 0.25) is 5.91 Å². The molecule has 0 spiro atoms. The maximum Gasteiger partial charge on any atom is 0.258 e. The van der Waals surface area contributed by atoms with Crippen LogP contribution in [0.3, 0.4) is 0 Å². The number of aromatic hydroxyl groups is 1. The number of nitrogens with zero attached hydrogens (tertiary/aromatic N) is 6. The zero-order valence-electron chi connectivity index (χ0n) is 44.6. The van der Waals surface area contributed by atoms with Crippen LogP contribution in [-0.4, -0.2) is 125 Å². The van der Waals surface area contributed by atoms with E-state index < -0.39 is 11.7 Å². The van der Waals surface area contributed by atoms with E-state index in [1.165, 1.54) is 30.2 Å². The predicted molar refractivity (Wildman–Crippen MR) is 294 cm³/mol. The van der Waals surface area contributed by atoms with Crippen LogP contribution in [0, 0.1) is 24.1 Å². The summed E-state index contributed by atoms with van der Waals surface area (Å²) in [5, 5.41) is 23.7. The van der Waals surface area contributed by atoms with Crippen LogP contribution in [-0.2, 0) is 48.9 Å². The molecule has 5 heterocycles. The molecule has 1 aromatic heterocycles. The number of ether oxygens (including phenoxy) is 3. The Morgan fingerprint density at radius 2 is 1.62 bits per heavy atom. The number of nitrogens with one attached hydrogen (secondary N) is 1. The molecule has 14 nitrogen and oxygen atoms in total. The Morgan fingerprint density at radius 3 is 2.36 bits per heavy atom. The number of likely N-dealkylation sites (tertiary alicyclic amines) is 1. The molecule has 5 aromatic carbocycles. The van der Waals surface area contributed by atoms with Crippen molar-refractivity contribution in [2.45, 2.75) is 84.5 Å². The number of morpholine rings is 1. The summed E-state index contributed by atoms with van der Waals surface area (Å²) in [5.74, 6) is -0.446. The number of carbonyl (C=O) groups excluding carboxylic acids is 3. The molecular weight excluding hydrogens is 974 g/mol. The first-order chi connectivity index (χ1) is 37.3. The fourth-order valence-electron chi connectivity index (χ4n) is 11.5. The summed E-state index contributed by atoms with van der Waals surface area (Å²) in [6, 6.07) is 30.8. The lowest BCUT2D eigenvalue weighted by molar-refractivity contribution is -0.131. The van der Waals surface area contributed by atoms with Crippen LogP contribution in [0.2, 0.25) is 0 Å². The normalized spacial score (nSPS) is 16.9. The first kappa shape index (κ1) is 52.9. The highest BCUT2D eigenvalue weighted by Gasteiger charge is 2.37. The fraction of sp³-hybridized carbons (Fsp3) is 0.387. The van der Waals surface area contributed by atoms with Crippen LogP contribution in [0.25, 0.3) is 22.4 Å². The van der Waals surface area contributed by atoms with Crippen molar-refractivity contribution in [3.63, 3.8) is 0 Å². The monoisotopic (exact) mass is 1040 g/mol. The molecule has 10 rings (SSSR count). The van der Waals surface area contributed by atoms with Gasteiger partial charge in [0.15, 0.2) is 0 Å². The van der Waals surface area contributed by atoms with Crippen LogP contribution < -0.4 is 14.8 Å². The molecule has 4 aliphatic heterocycles. The number of benzene rings is 5. The number of halogens is 1. The van der Waals surface area contributed by atoms with E-state index in [-0.39, 0.29) is 53.8 Å². The van der Waals surface area contributed by atoms with Crippen LogP contribution in [0.4, 0.5) is 10.1 Å². The highest BCUT2D eigenvalue weighted by atomic mass is 19.1. The number of amides is 3. The number of aromatic nitrogens is 1. The van der Waals surface area contributed by atoms with Gasteiger partial charge < -0.3 is 43.9 Å². The third-order valence-electron chi connectivity index (χ3n) is 15.7. The number of anilines is 1. The van der Waals surface area contributed by atoms with Crippen LogP contribution in [0.5, 0.6) is 17.2 Å². The minimum atomic E-state index is -0.506. The van der Waals surface area contributed by atoms with Gasteiger partial charge in [-0.25, -0.2) is 4.39 Å². The number of nitriles is 1. The summed E-state index contributed by atoms with van der Waals surface area (Å²) in [5.41, 5.74) is 8.82. The minimum absolute atomic E-state index is 0.0578. The number of hydrogen-bond acceptors (Lipinski definition) is 10. The second-order valence-electron chi connectivity index (χ2n) is 21.1. The van der Waals surface area contributed by atoms with Crippen molar-refractivity contribution in [3.05, 3.63) is 153 Å². The minimum Gasteiger partial charge on any atom is -0.508 e. The Bertz CT molecular complexity index is 3210. The largest absolute Gasteiger partial charge is 0.508 e. The van der Waals surface area contributed by atoms with Crippen molar-refractivity contribution in [3.8, 4) is 45.7 Å². The summed E-state index contributed by atoms with van der Waals surface area (Å²) < 4.78 is 35.1. The highest BCUT2D eigenvalue weighted by Crippen LogP contribution is 2.44. The Morgan fingerprint density at radius 1 is 0.857 bits per heavy atom. The zero-order valence-corrected chi connectivity index (χ0v) is 44.6. The second-order valence-corrected chi connectivity index (χ2v) is 21.1. The van der Waals surface area contributed by atoms with E-state index in [4.69, 9.17) is 14.2 Å². The lowest BCUT2D eigenvalue weighted by Crippen LogP contribution is -2.51. The Balaban J connectivity index is 1.05. The molecule has 77 heavy (non-hydrogen) atoms. The van der Waals surface area contributed by atoms with Crippen molar-refractivity contribution < 1.29 is 38.1 Å².